The van der Waals surface area contributed by atoms with E-state index in [9.17, 15) is 0 Å². The molecule has 1 spiro atoms. The molecular weight excluding hydrogens is 414 g/mol. The maximum atomic E-state index is 6.01. The zero-order valence-electron chi connectivity index (χ0n) is 19.6. The van der Waals surface area contributed by atoms with Crippen molar-refractivity contribution in [1.82, 2.24) is 20.1 Å². The molecule has 2 aromatic heterocycles. The molecule has 2 aliphatic heterocycles. The molecule has 33 heavy (non-hydrogen) atoms. The molecule has 4 fully saturated rings. The number of ether oxygens (including phenoxy) is 2. The van der Waals surface area contributed by atoms with Crippen LogP contribution < -0.4 is 5.32 Å². The van der Waals surface area contributed by atoms with Gasteiger partial charge in [0.15, 0.2) is 0 Å². The maximum absolute atomic E-state index is 6.01. The van der Waals surface area contributed by atoms with Crippen LogP contribution in [0.3, 0.4) is 0 Å². The second kappa shape index (κ2) is 8.60. The highest BCUT2D eigenvalue weighted by atomic mass is 16.6. The monoisotopic (exact) mass is 449 g/mol. The summed E-state index contributed by atoms with van der Waals surface area (Å²) in [5.41, 5.74) is 3.88. The van der Waals surface area contributed by atoms with E-state index in [1.165, 1.54) is 49.8 Å². The summed E-state index contributed by atoms with van der Waals surface area (Å²) in [6.07, 6.45) is 11.1. The number of pyridine rings is 1. The van der Waals surface area contributed by atoms with Gasteiger partial charge in [0.05, 0.1) is 31.7 Å². The predicted octanol–water partition coefficient (Wildman–Crippen LogP) is 3.88. The molecule has 2 aliphatic carbocycles. The molecule has 176 valence electrons. The average molecular weight is 450 g/mol. The van der Waals surface area contributed by atoms with Crippen LogP contribution in [0.1, 0.15) is 57.1 Å². The Morgan fingerprint density at radius 3 is 2.76 bits per heavy atom. The van der Waals surface area contributed by atoms with Gasteiger partial charge in [-0.1, -0.05) is 13.0 Å². The highest BCUT2D eigenvalue weighted by Crippen LogP contribution is 2.43. The summed E-state index contributed by atoms with van der Waals surface area (Å²) in [6.45, 7) is 7.89. The molecule has 0 bridgehead atoms. The molecule has 2 saturated heterocycles. The van der Waals surface area contributed by atoms with Crippen molar-refractivity contribution >= 4 is 5.82 Å². The van der Waals surface area contributed by atoms with Crippen LogP contribution in [0.2, 0.25) is 0 Å². The molecule has 2 saturated carbocycles. The quantitative estimate of drug-likeness (QED) is 0.717. The predicted molar refractivity (Wildman–Crippen MR) is 127 cm³/mol. The van der Waals surface area contributed by atoms with E-state index in [1.54, 1.807) is 0 Å². The van der Waals surface area contributed by atoms with Crippen molar-refractivity contribution in [3.8, 4) is 11.1 Å². The van der Waals surface area contributed by atoms with E-state index in [2.05, 4.69) is 44.5 Å². The van der Waals surface area contributed by atoms with Crippen molar-refractivity contribution in [2.45, 2.75) is 63.0 Å². The molecule has 4 aliphatic rings. The lowest BCUT2D eigenvalue weighted by Crippen LogP contribution is -2.68. The van der Waals surface area contributed by atoms with Gasteiger partial charge in [-0.05, 0) is 56.1 Å². The normalized spacial score (nSPS) is 29.5. The minimum Gasteiger partial charge on any atom is -0.376 e. The Hall–Kier alpha value is -2.09. The Bertz CT molecular complexity index is 972. The van der Waals surface area contributed by atoms with Crippen molar-refractivity contribution in [1.29, 1.82) is 0 Å². The van der Waals surface area contributed by atoms with Crippen molar-refractivity contribution in [2.24, 2.45) is 5.41 Å². The van der Waals surface area contributed by atoms with E-state index in [1.807, 2.05) is 18.5 Å². The highest BCUT2D eigenvalue weighted by molar-refractivity contribution is 5.68. The number of nitrogens with zero attached hydrogens (tertiary/aromatic N) is 4. The Balaban J connectivity index is 1.04. The third-order valence-electron chi connectivity index (χ3n) is 7.94. The van der Waals surface area contributed by atoms with Gasteiger partial charge in [0.25, 0.3) is 0 Å². The van der Waals surface area contributed by atoms with Crippen LogP contribution in [0, 0.1) is 5.41 Å². The van der Waals surface area contributed by atoms with E-state index >= 15 is 0 Å². The number of nitrogens with one attached hydrogen (secondary N) is 1. The van der Waals surface area contributed by atoms with Crippen LogP contribution in [0.25, 0.3) is 11.1 Å². The molecule has 0 atom stereocenters. The largest absolute Gasteiger partial charge is 0.376 e. The number of aromatic nitrogens is 3. The topological polar surface area (TPSA) is 72.4 Å². The Morgan fingerprint density at radius 2 is 2.00 bits per heavy atom. The van der Waals surface area contributed by atoms with Gasteiger partial charge in [-0.3, -0.25) is 9.88 Å². The molecule has 4 heterocycles. The van der Waals surface area contributed by atoms with Crippen LogP contribution in [0.4, 0.5) is 5.82 Å². The Kier molecular flexibility index (Phi) is 5.59. The van der Waals surface area contributed by atoms with Gasteiger partial charge < -0.3 is 14.8 Å². The van der Waals surface area contributed by atoms with Crippen molar-refractivity contribution in [2.75, 3.05) is 44.8 Å². The second-order valence-corrected chi connectivity index (χ2v) is 11.0. The van der Waals surface area contributed by atoms with Crippen molar-refractivity contribution < 1.29 is 9.47 Å². The SMILES string of the molecule is CC1(CN2CC3(COCCO3)C2)CCC(Nc2cc(-c3cccnc3C3CC3)cnn2)CC1. The summed E-state index contributed by atoms with van der Waals surface area (Å²) in [7, 11) is 0. The van der Waals surface area contributed by atoms with Gasteiger partial charge in [-0.15, -0.1) is 5.10 Å². The Labute approximate surface area is 196 Å². The lowest BCUT2D eigenvalue weighted by molar-refractivity contribution is -0.221. The molecule has 0 aromatic carbocycles. The number of rotatable bonds is 6. The first kappa shape index (κ1) is 21.4. The molecule has 7 heteroatoms. The van der Waals surface area contributed by atoms with Crippen LogP contribution in [-0.2, 0) is 9.47 Å². The van der Waals surface area contributed by atoms with Gasteiger partial charge in [-0.25, -0.2) is 0 Å². The Morgan fingerprint density at radius 1 is 1.15 bits per heavy atom. The zero-order chi connectivity index (χ0) is 22.3. The van der Waals surface area contributed by atoms with Gasteiger partial charge in [0.2, 0.25) is 0 Å². The van der Waals surface area contributed by atoms with Crippen molar-refractivity contribution in [3.05, 3.63) is 36.3 Å². The molecule has 1 N–H and O–H groups in total. The van der Waals surface area contributed by atoms with Crippen LogP contribution in [-0.4, -0.2) is 71.2 Å². The lowest BCUT2D eigenvalue weighted by Gasteiger charge is -2.54. The third-order valence-corrected chi connectivity index (χ3v) is 7.94. The fourth-order valence-corrected chi connectivity index (χ4v) is 5.97. The number of hydrogen-bond acceptors (Lipinski definition) is 7. The summed E-state index contributed by atoms with van der Waals surface area (Å²) in [6, 6.07) is 6.79. The fraction of sp³-hybridized carbons (Fsp3) is 0.654. The molecule has 0 amide bonds. The smallest absolute Gasteiger partial charge is 0.149 e. The molecule has 0 unspecified atom stereocenters. The van der Waals surface area contributed by atoms with E-state index < -0.39 is 0 Å². The van der Waals surface area contributed by atoms with E-state index in [0.717, 1.165) is 50.8 Å². The summed E-state index contributed by atoms with van der Waals surface area (Å²) in [5, 5.41) is 12.4. The fourth-order valence-electron chi connectivity index (χ4n) is 5.97. The first-order chi connectivity index (χ1) is 16.1. The maximum Gasteiger partial charge on any atom is 0.149 e. The summed E-state index contributed by atoms with van der Waals surface area (Å²) in [5.74, 6) is 1.49. The first-order valence-electron chi connectivity index (χ1n) is 12.6. The van der Waals surface area contributed by atoms with Crippen LogP contribution in [0.15, 0.2) is 30.6 Å². The summed E-state index contributed by atoms with van der Waals surface area (Å²) >= 11 is 0. The lowest BCUT2D eigenvalue weighted by atomic mass is 9.72. The summed E-state index contributed by atoms with van der Waals surface area (Å²) < 4.78 is 11.7. The minimum absolute atomic E-state index is 0.0231. The standard InChI is InChI=1S/C26H35N5O2/c1-25(15-31-16-26(17-31)18-32-11-12-33-26)8-6-21(7-9-25)29-23-13-20(14-28-30-23)22-3-2-10-27-24(22)19-4-5-19/h2-3,10,13-14,19,21H,4-9,11-12,15-18H2,1H3,(H,29,30). The molecule has 6 rings (SSSR count). The molecule has 7 nitrogen and oxygen atoms in total. The van der Waals surface area contributed by atoms with E-state index in [-0.39, 0.29) is 5.60 Å². The van der Waals surface area contributed by atoms with Gasteiger partial charge in [0, 0.05) is 48.9 Å². The molecule has 2 aromatic rings. The number of hydrogen-bond donors (Lipinski definition) is 1. The van der Waals surface area contributed by atoms with Crippen LogP contribution in [0.5, 0.6) is 0 Å². The van der Waals surface area contributed by atoms with Gasteiger partial charge in [0.1, 0.15) is 11.4 Å². The minimum atomic E-state index is -0.0231. The third kappa shape index (κ3) is 4.63. The number of likely N-dealkylation sites (tertiary alicyclic amines) is 1. The zero-order valence-corrected chi connectivity index (χ0v) is 19.6. The first-order valence-corrected chi connectivity index (χ1v) is 12.6. The molecular formula is C26H35N5O2. The summed E-state index contributed by atoms with van der Waals surface area (Å²) in [4.78, 5) is 7.21. The molecule has 0 radical (unpaired) electrons. The second-order valence-electron chi connectivity index (χ2n) is 11.0. The van der Waals surface area contributed by atoms with E-state index in [4.69, 9.17) is 9.47 Å². The van der Waals surface area contributed by atoms with Crippen molar-refractivity contribution in [3.63, 3.8) is 0 Å². The average Bonchev–Trinajstić information content (AvgIpc) is 3.66. The number of anilines is 1. The van der Waals surface area contributed by atoms with E-state index in [0.29, 0.717) is 17.4 Å². The van der Waals surface area contributed by atoms with Gasteiger partial charge in [-0.2, -0.15) is 5.10 Å². The van der Waals surface area contributed by atoms with Gasteiger partial charge >= 0.3 is 0 Å². The highest BCUT2D eigenvalue weighted by Gasteiger charge is 2.48. The van der Waals surface area contributed by atoms with Crippen LogP contribution >= 0.6 is 0 Å².